The van der Waals surface area contributed by atoms with Gasteiger partial charge in [-0.3, -0.25) is 9.59 Å². The van der Waals surface area contributed by atoms with Gasteiger partial charge in [0.25, 0.3) is 0 Å². The number of nitrogens with one attached hydrogen (secondary N) is 2. The summed E-state index contributed by atoms with van der Waals surface area (Å²) in [5, 5.41) is 24.0. The fourth-order valence-electron chi connectivity index (χ4n) is 4.64. The molecule has 0 saturated carbocycles. The second kappa shape index (κ2) is 11.4. The van der Waals surface area contributed by atoms with Gasteiger partial charge in [-0.05, 0) is 47.4 Å². The van der Waals surface area contributed by atoms with Crippen LogP contribution < -0.4 is 10.6 Å². The zero-order chi connectivity index (χ0) is 25.6. The Labute approximate surface area is 205 Å². The molecule has 0 heterocycles. The molecule has 1 aliphatic carbocycles. The van der Waals surface area contributed by atoms with Gasteiger partial charge in [-0.1, -0.05) is 62.4 Å². The summed E-state index contributed by atoms with van der Waals surface area (Å²) in [7, 11) is 0. The van der Waals surface area contributed by atoms with E-state index in [2.05, 4.69) is 10.6 Å². The number of hydrogen-bond donors (Lipinski definition) is 4. The van der Waals surface area contributed by atoms with E-state index in [1.54, 1.807) is 6.92 Å². The van der Waals surface area contributed by atoms with Crippen molar-refractivity contribution in [1.82, 2.24) is 10.6 Å². The number of hydrogen-bond acceptors (Lipinski definition) is 5. The maximum atomic E-state index is 12.8. The van der Waals surface area contributed by atoms with Crippen molar-refractivity contribution in [2.24, 2.45) is 5.41 Å². The second-order valence-electron chi connectivity index (χ2n) is 9.89. The molecular formula is C27H34N2O6. The highest BCUT2D eigenvalue weighted by Crippen LogP contribution is 2.44. The summed E-state index contributed by atoms with van der Waals surface area (Å²) in [6.07, 6.45) is -1.17. The molecule has 2 aromatic carbocycles. The summed E-state index contributed by atoms with van der Waals surface area (Å²) in [5.74, 6) is -1.68. The standard InChI is InChI=1S/C27H34N2O6/c1-17(30)14-27(2,3)16-28-25(33)23(12-13-24(31)32)29-26(34)35-15-22-20-10-6-4-8-18(20)19-9-5-7-11-21(19)22/h4-11,17,22-23,30H,12-16H2,1-3H3,(H,28,33)(H,29,34)(H,31,32). The molecule has 4 N–H and O–H groups in total. The lowest BCUT2D eigenvalue weighted by molar-refractivity contribution is -0.137. The number of fused-ring (bicyclic) bond motifs is 3. The van der Waals surface area contributed by atoms with Gasteiger partial charge in [-0.15, -0.1) is 0 Å². The van der Waals surface area contributed by atoms with Gasteiger partial charge in [0.05, 0.1) is 6.10 Å². The average molecular weight is 483 g/mol. The lowest BCUT2D eigenvalue weighted by atomic mass is 9.87. The lowest BCUT2D eigenvalue weighted by Gasteiger charge is -2.27. The molecule has 0 bridgehead atoms. The Kier molecular flexibility index (Phi) is 8.51. The normalized spacial score (nSPS) is 14.4. The second-order valence-corrected chi connectivity index (χ2v) is 9.89. The number of carboxylic acid groups (broad SMARTS) is 1. The Morgan fingerprint density at radius 2 is 1.60 bits per heavy atom. The van der Waals surface area contributed by atoms with Gasteiger partial charge >= 0.3 is 12.1 Å². The zero-order valence-corrected chi connectivity index (χ0v) is 20.4. The van der Waals surface area contributed by atoms with Crippen LogP contribution in [0.25, 0.3) is 11.1 Å². The zero-order valence-electron chi connectivity index (χ0n) is 20.4. The molecule has 3 rings (SSSR count). The van der Waals surface area contributed by atoms with Gasteiger partial charge < -0.3 is 25.6 Å². The van der Waals surface area contributed by atoms with Crippen molar-refractivity contribution in [1.29, 1.82) is 0 Å². The Morgan fingerprint density at radius 3 is 2.14 bits per heavy atom. The van der Waals surface area contributed by atoms with E-state index < -0.39 is 30.1 Å². The fourth-order valence-corrected chi connectivity index (χ4v) is 4.64. The van der Waals surface area contributed by atoms with Crippen LogP contribution in [0, 0.1) is 5.41 Å². The molecule has 188 valence electrons. The van der Waals surface area contributed by atoms with Crippen molar-refractivity contribution in [2.75, 3.05) is 13.2 Å². The van der Waals surface area contributed by atoms with Crippen LogP contribution in [0.15, 0.2) is 48.5 Å². The predicted molar refractivity (Wildman–Crippen MR) is 132 cm³/mol. The molecule has 35 heavy (non-hydrogen) atoms. The predicted octanol–water partition coefficient (Wildman–Crippen LogP) is 3.67. The maximum Gasteiger partial charge on any atom is 0.407 e. The smallest absolute Gasteiger partial charge is 0.407 e. The number of aliphatic carboxylic acids is 1. The SMILES string of the molecule is CC(O)CC(C)(C)CNC(=O)C(CCC(=O)O)NC(=O)OCC1c2ccccc2-c2ccccc21. The molecule has 2 atom stereocenters. The van der Waals surface area contributed by atoms with E-state index in [0.29, 0.717) is 6.42 Å². The Morgan fingerprint density at radius 1 is 1.03 bits per heavy atom. The quantitative estimate of drug-likeness (QED) is 0.387. The summed E-state index contributed by atoms with van der Waals surface area (Å²) >= 11 is 0. The molecule has 2 unspecified atom stereocenters. The van der Waals surface area contributed by atoms with E-state index in [0.717, 1.165) is 22.3 Å². The summed E-state index contributed by atoms with van der Waals surface area (Å²) in [6.45, 7) is 5.86. The molecule has 0 aromatic heterocycles. The first-order valence-electron chi connectivity index (χ1n) is 11.9. The molecule has 8 heteroatoms. The molecule has 1 aliphatic rings. The highest BCUT2D eigenvalue weighted by molar-refractivity contribution is 5.86. The number of carbonyl (C=O) groups is 3. The number of alkyl carbamates (subject to hydrolysis) is 1. The van der Waals surface area contributed by atoms with Crippen LogP contribution in [-0.4, -0.2) is 53.5 Å². The minimum Gasteiger partial charge on any atom is -0.481 e. The first kappa shape index (κ1) is 26.2. The molecular weight excluding hydrogens is 448 g/mol. The van der Waals surface area contributed by atoms with Crippen molar-refractivity contribution >= 4 is 18.0 Å². The van der Waals surface area contributed by atoms with E-state index in [9.17, 15) is 19.5 Å². The third-order valence-electron chi connectivity index (χ3n) is 6.19. The average Bonchev–Trinajstić information content (AvgIpc) is 3.11. The monoisotopic (exact) mass is 482 g/mol. The van der Waals surface area contributed by atoms with Gasteiger partial charge in [-0.2, -0.15) is 0 Å². The van der Waals surface area contributed by atoms with Gasteiger partial charge in [0, 0.05) is 18.9 Å². The third-order valence-corrected chi connectivity index (χ3v) is 6.19. The third kappa shape index (κ3) is 7.05. The highest BCUT2D eigenvalue weighted by Gasteiger charge is 2.30. The van der Waals surface area contributed by atoms with E-state index in [4.69, 9.17) is 9.84 Å². The first-order chi connectivity index (χ1) is 16.6. The Balaban J connectivity index is 1.63. The fraction of sp³-hybridized carbons (Fsp3) is 0.444. The van der Waals surface area contributed by atoms with E-state index >= 15 is 0 Å². The van der Waals surface area contributed by atoms with Crippen LogP contribution in [0.3, 0.4) is 0 Å². The minimum absolute atomic E-state index is 0.0673. The van der Waals surface area contributed by atoms with Crippen LogP contribution >= 0.6 is 0 Å². The summed E-state index contributed by atoms with van der Waals surface area (Å²) in [4.78, 5) is 36.5. The number of aliphatic hydroxyl groups is 1. The van der Waals surface area contributed by atoms with Crippen molar-refractivity contribution < 1.29 is 29.3 Å². The van der Waals surface area contributed by atoms with Crippen LogP contribution in [0.4, 0.5) is 4.79 Å². The van der Waals surface area contributed by atoms with E-state index in [1.165, 1.54) is 0 Å². The minimum atomic E-state index is -1.06. The van der Waals surface area contributed by atoms with Crippen molar-refractivity contribution in [2.45, 2.75) is 58.1 Å². The Hall–Kier alpha value is -3.39. The lowest BCUT2D eigenvalue weighted by Crippen LogP contribution is -2.49. The van der Waals surface area contributed by atoms with Crippen molar-refractivity contribution in [3.05, 3.63) is 59.7 Å². The molecule has 0 saturated heterocycles. The summed E-state index contributed by atoms with van der Waals surface area (Å²) in [6, 6.07) is 14.9. The highest BCUT2D eigenvalue weighted by atomic mass is 16.5. The number of ether oxygens (including phenoxy) is 1. The Bertz CT molecular complexity index is 1020. The van der Waals surface area contributed by atoms with Crippen molar-refractivity contribution in [3.8, 4) is 11.1 Å². The van der Waals surface area contributed by atoms with Gasteiger partial charge in [0.2, 0.25) is 5.91 Å². The van der Waals surface area contributed by atoms with Crippen LogP contribution in [0.1, 0.15) is 57.1 Å². The number of carbonyl (C=O) groups excluding carboxylic acids is 2. The van der Waals surface area contributed by atoms with E-state index in [1.807, 2.05) is 62.4 Å². The number of benzene rings is 2. The topological polar surface area (TPSA) is 125 Å². The molecule has 0 radical (unpaired) electrons. The number of amides is 2. The molecule has 0 aliphatic heterocycles. The largest absolute Gasteiger partial charge is 0.481 e. The van der Waals surface area contributed by atoms with Crippen LogP contribution in [0.5, 0.6) is 0 Å². The van der Waals surface area contributed by atoms with Gasteiger partial charge in [0.1, 0.15) is 12.6 Å². The van der Waals surface area contributed by atoms with Crippen LogP contribution in [-0.2, 0) is 14.3 Å². The molecule has 0 fully saturated rings. The van der Waals surface area contributed by atoms with Crippen LogP contribution in [0.2, 0.25) is 0 Å². The number of rotatable bonds is 11. The number of carboxylic acids is 1. The first-order valence-corrected chi connectivity index (χ1v) is 11.9. The summed E-state index contributed by atoms with van der Waals surface area (Å²) in [5.41, 5.74) is 3.99. The summed E-state index contributed by atoms with van der Waals surface area (Å²) < 4.78 is 5.51. The van der Waals surface area contributed by atoms with Gasteiger partial charge in [0.15, 0.2) is 0 Å². The number of aliphatic hydroxyl groups excluding tert-OH is 1. The maximum absolute atomic E-state index is 12.8. The van der Waals surface area contributed by atoms with Crippen molar-refractivity contribution in [3.63, 3.8) is 0 Å². The molecule has 0 spiro atoms. The van der Waals surface area contributed by atoms with E-state index in [-0.39, 0.29) is 37.3 Å². The molecule has 8 nitrogen and oxygen atoms in total. The molecule has 2 amide bonds. The van der Waals surface area contributed by atoms with Gasteiger partial charge in [-0.25, -0.2) is 4.79 Å². The molecule has 2 aromatic rings.